The highest BCUT2D eigenvalue weighted by molar-refractivity contribution is 5.77. The summed E-state index contributed by atoms with van der Waals surface area (Å²) < 4.78 is 6.41. The van der Waals surface area contributed by atoms with E-state index in [1.807, 2.05) is 6.07 Å². The molecule has 124 valence electrons. The first kappa shape index (κ1) is 15.0. The highest BCUT2D eigenvalue weighted by atomic mass is 16.5. The quantitative estimate of drug-likeness (QED) is 0.902. The van der Waals surface area contributed by atoms with Crippen LogP contribution in [-0.4, -0.2) is 30.6 Å². The van der Waals surface area contributed by atoms with Gasteiger partial charge in [-0.15, -0.1) is 0 Å². The Morgan fingerprint density at radius 2 is 2.04 bits per heavy atom. The molecule has 1 spiro atoms. The van der Waals surface area contributed by atoms with Gasteiger partial charge in [-0.2, -0.15) is 0 Å². The average Bonchev–Trinajstić information content (AvgIpc) is 2.52. The number of ether oxygens (including phenoxy) is 1. The first-order chi connectivity index (χ1) is 11.2. The Bertz CT molecular complexity index is 576. The fraction of sp³-hybridized carbons (Fsp3) is 0.632. The predicted octanol–water partition coefficient (Wildman–Crippen LogP) is 2.73. The van der Waals surface area contributed by atoms with E-state index in [0.29, 0.717) is 12.5 Å². The van der Waals surface area contributed by atoms with Crippen LogP contribution in [0, 0.1) is 0 Å². The number of fused-ring (bicyclic) bond motifs is 1. The second-order valence-electron chi connectivity index (χ2n) is 7.37. The van der Waals surface area contributed by atoms with Crippen molar-refractivity contribution < 1.29 is 9.53 Å². The molecule has 2 N–H and O–H groups in total. The van der Waals surface area contributed by atoms with Crippen LogP contribution in [0.3, 0.4) is 0 Å². The Morgan fingerprint density at radius 3 is 2.78 bits per heavy atom. The minimum absolute atomic E-state index is 0.0823. The van der Waals surface area contributed by atoms with E-state index in [9.17, 15) is 4.79 Å². The fourth-order valence-electron chi connectivity index (χ4n) is 4.18. The van der Waals surface area contributed by atoms with Gasteiger partial charge < -0.3 is 15.4 Å². The number of carbonyl (C=O) groups is 1. The third-order valence-electron chi connectivity index (χ3n) is 5.72. The number of para-hydroxylation sites is 1. The van der Waals surface area contributed by atoms with Gasteiger partial charge in [0.15, 0.2) is 0 Å². The molecular formula is C19H26N2O2. The molecule has 2 fully saturated rings. The zero-order valence-electron chi connectivity index (χ0n) is 13.6. The molecule has 1 aliphatic carbocycles. The summed E-state index contributed by atoms with van der Waals surface area (Å²) in [6.07, 6.45) is 7.15. The van der Waals surface area contributed by atoms with Crippen molar-refractivity contribution in [3.05, 3.63) is 29.8 Å². The van der Waals surface area contributed by atoms with Crippen LogP contribution >= 0.6 is 0 Å². The van der Waals surface area contributed by atoms with Crippen LogP contribution in [0.2, 0.25) is 0 Å². The Balaban J connectivity index is 1.52. The summed E-state index contributed by atoms with van der Waals surface area (Å²) in [5.41, 5.74) is 1.13. The Labute approximate surface area is 138 Å². The summed E-state index contributed by atoms with van der Waals surface area (Å²) in [6, 6.07) is 8.70. The van der Waals surface area contributed by atoms with Gasteiger partial charge in [-0.25, -0.2) is 0 Å². The van der Waals surface area contributed by atoms with Gasteiger partial charge >= 0.3 is 0 Å². The van der Waals surface area contributed by atoms with E-state index in [4.69, 9.17) is 4.74 Å². The number of hydrogen-bond donors (Lipinski definition) is 2. The molecule has 0 radical (unpaired) electrons. The smallest absolute Gasteiger partial charge is 0.220 e. The minimum Gasteiger partial charge on any atom is -0.487 e. The molecule has 0 unspecified atom stereocenters. The van der Waals surface area contributed by atoms with Crippen LogP contribution in [-0.2, 0) is 4.79 Å². The van der Waals surface area contributed by atoms with Gasteiger partial charge in [0.25, 0.3) is 0 Å². The number of hydrogen-bond acceptors (Lipinski definition) is 3. The predicted molar refractivity (Wildman–Crippen MR) is 89.7 cm³/mol. The van der Waals surface area contributed by atoms with E-state index >= 15 is 0 Å². The number of amides is 1. The Morgan fingerprint density at radius 1 is 1.26 bits per heavy atom. The minimum atomic E-state index is -0.0823. The summed E-state index contributed by atoms with van der Waals surface area (Å²) in [7, 11) is 0. The zero-order chi connectivity index (χ0) is 15.7. The number of nitrogens with one attached hydrogen (secondary N) is 2. The lowest BCUT2D eigenvalue weighted by molar-refractivity contribution is -0.123. The van der Waals surface area contributed by atoms with E-state index in [2.05, 4.69) is 28.8 Å². The van der Waals surface area contributed by atoms with Gasteiger partial charge in [0, 0.05) is 18.4 Å². The third-order valence-corrected chi connectivity index (χ3v) is 5.72. The van der Waals surface area contributed by atoms with E-state index in [1.54, 1.807) is 0 Å². The summed E-state index contributed by atoms with van der Waals surface area (Å²) in [5.74, 6) is 1.47. The summed E-state index contributed by atoms with van der Waals surface area (Å²) in [4.78, 5) is 12.4. The number of benzene rings is 1. The van der Waals surface area contributed by atoms with Crippen molar-refractivity contribution >= 4 is 5.91 Å². The molecule has 1 saturated heterocycles. The maximum absolute atomic E-state index is 12.4. The number of rotatable bonds is 3. The third kappa shape index (κ3) is 3.09. The van der Waals surface area contributed by atoms with E-state index < -0.39 is 0 Å². The zero-order valence-corrected chi connectivity index (χ0v) is 13.6. The van der Waals surface area contributed by atoms with E-state index in [-0.39, 0.29) is 17.4 Å². The van der Waals surface area contributed by atoms with Gasteiger partial charge in [-0.1, -0.05) is 18.2 Å². The Hall–Kier alpha value is -1.55. The first-order valence-electron chi connectivity index (χ1n) is 9.02. The van der Waals surface area contributed by atoms with Gasteiger partial charge in [-0.3, -0.25) is 4.79 Å². The van der Waals surface area contributed by atoms with Crippen molar-refractivity contribution in [1.29, 1.82) is 0 Å². The normalized spacial score (nSPS) is 26.0. The van der Waals surface area contributed by atoms with Crippen molar-refractivity contribution in [2.75, 3.05) is 13.1 Å². The van der Waals surface area contributed by atoms with E-state index in [1.165, 1.54) is 12.0 Å². The van der Waals surface area contributed by atoms with Crippen molar-refractivity contribution in [2.45, 2.75) is 62.5 Å². The molecule has 1 aromatic carbocycles. The summed E-state index contributed by atoms with van der Waals surface area (Å²) >= 11 is 0. The maximum atomic E-state index is 12.4. The molecule has 1 aromatic rings. The van der Waals surface area contributed by atoms with Crippen molar-refractivity contribution in [1.82, 2.24) is 10.6 Å². The topological polar surface area (TPSA) is 50.4 Å². The van der Waals surface area contributed by atoms with Crippen molar-refractivity contribution in [2.24, 2.45) is 0 Å². The average molecular weight is 314 g/mol. The van der Waals surface area contributed by atoms with Crippen LogP contribution < -0.4 is 15.4 Å². The fourth-order valence-corrected chi connectivity index (χ4v) is 4.18. The lowest BCUT2D eigenvalue weighted by Crippen LogP contribution is -2.49. The van der Waals surface area contributed by atoms with E-state index in [0.717, 1.165) is 50.9 Å². The van der Waals surface area contributed by atoms with Crippen molar-refractivity contribution in [3.8, 4) is 5.75 Å². The second-order valence-corrected chi connectivity index (χ2v) is 7.37. The Kier molecular flexibility index (Phi) is 4.02. The molecule has 2 heterocycles. The summed E-state index contributed by atoms with van der Waals surface area (Å²) in [5, 5.41) is 6.61. The lowest BCUT2D eigenvalue weighted by atomic mass is 9.76. The highest BCUT2D eigenvalue weighted by Crippen LogP contribution is 2.45. The second kappa shape index (κ2) is 6.16. The van der Waals surface area contributed by atoms with Crippen LogP contribution in [0.4, 0.5) is 0 Å². The molecule has 23 heavy (non-hydrogen) atoms. The number of piperidine rings is 1. The monoisotopic (exact) mass is 314 g/mol. The first-order valence-corrected chi connectivity index (χ1v) is 9.02. The lowest BCUT2D eigenvalue weighted by Gasteiger charge is -2.44. The molecule has 1 amide bonds. The SMILES string of the molecule is O=C(C[C@@H]1CC2(CCNCC2)Oc2ccccc21)NC1CCC1. The molecule has 3 aliphatic rings. The van der Waals surface area contributed by atoms with Crippen LogP contribution in [0.5, 0.6) is 5.75 Å². The number of carbonyl (C=O) groups excluding carboxylic acids is 1. The van der Waals surface area contributed by atoms with Gasteiger partial charge in [0.05, 0.1) is 0 Å². The summed E-state index contributed by atoms with van der Waals surface area (Å²) in [6.45, 7) is 2.01. The van der Waals surface area contributed by atoms with Gasteiger partial charge in [0.1, 0.15) is 11.4 Å². The molecular weight excluding hydrogens is 288 g/mol. The van der Waals surface area contributed by atoms with Crippen LogP contribution in [0.15, 0.2) is 24.3 Å². The molecule has 0 bridgehead atoms. The molecule has 4 rings (SSSR count). The molecule has 4 nitrogen and oxygen atoms in total. The van der Waals surface area contributed by atoms with Crippen LogP contribution in [0.25, 0.3) is 0 Å². The molecule has 2 aliphatic heterocycles. The largest absolute Gasteiger partial charge is 0.487 e. The molecule has 4 heteroatoms. The van der Waals surface area contributed by atoms with Gasteiger partial charge in [0.2, 0.25) is 5.91 Å². The van der Waals surface area contributed by atoms with Crippen LogP contribution in [0.1, 0.15) is 56.4 Å². The molecule has 1 atom stereocenters. The highest BCUT2D eigenvalue weighted by Gasteiger charge is 2.42. The molecule has 0 aromatic heterocycles. The molecule has 1 saturated carbocycles. The maximum Gasteiger partial charge on any atom is 0.220 e. The van der Waals surface area contributed by atoms with Gasteiger partial charge in [-0.05, 0) is 63.2 Å². The van der Waals surface area contributed by atoms with Crippen molar-refractivity contribution in [3.63, 3.8) is 0 Å². The standard InChI is InChI=1S/C19H26N2O2/c22-18(21-15-4-3-5-15)12-14-13-19(8-10-20-11-9-19)23-17-7-2-1-6-16(14)17/h1-2,6-7,14-15,20H,3-5,8-13H2,(H,21,22)/t14-/m1/s1.